The third-order valence-electron chi connectivity index (χ3n) is 1.98. The number of thiocarbonyl (C=S) groups is 1. The largest absolute Gasteiger partial charge is 0.393 e. The molecule has 1 unspecified atom stereocenters. The van der Waals surface area contributed by atoms with Crippen LogP contribution < -0.4 is 5.73 Å². The molecule has 0 saturated heterocycles. The monoisotopic (exact) mass is 194 g/mol. The van der Waals surface area contributed by atoms with E-state index in [-0.39, 0.29) is 5.92 Å². The predicted molar refractivity (Wildman–Crippen MR) is 58.6 cm³/mol. The van der Waals surface area contributed by atoms with Gasteiger partial charge in [0.2, 0.25) is 0 Å². The van der Waals surface area contributed by atoms with Crippen molar-refractivity contribution in [3.8, 4) is 0 Å². The van der Waals surface area contributed by atoms with Crippen LogP contribution in [-0.2, 0) is 0 Å². The van der Waals surface area contributed by atoms with Crippen LogP contribution in [0.4, 0.5) is 0 Å². The van der Waals surface area contributed by atoms with Gasteiger partial charge in [0.1, 0.15) is 0 Å². The van der Waals surface area contributed by atoms with Crippen LogP contribution in [-0.4, -0.2) is 9.97 Å². The summed E-state index contributed by atoms with van der Waals surface area (Å²) < 4.78 is 0. The fraction of sp³-hybridized carbons (Fsp3) is 0.400. The molecule has 70 valence electrons. The Labute approximate surface area is 84.2 Å². The fourth-order valence-electron chi connectivity index (χ4n) is 1.38. The summed E-state index contributed by atoms with van der Waals surface area (Å²) >= 11 is 5.01. The van der Waals surface area contributed by atoms with Gasteiger partial charge in [-0.2, -0.15) is 0 Å². The van der Waals surface area contributed by atoms with E-state index in [2.05, 4.69) is 18.8 Å². The van der Waals surface area contributed by atoms with Gasteiger partial charge in [0.15, 0.2) is 0 Å². The molecule has 3 heteroatoms. The number of aromatic nitrogens is 1. The van der Waals surface area contributed by atoms with Crippen molar-refractivity contribution in [3.05, 3.63) is 30.1 Å². The van der Waals surface area contributed by atoms with Crippen LogP contribution in [0.2, 0.25) is 0 Å². The number of nitrogens with zero attached hydrogens (tertiary/aromatic N) is 1. The molecule has 0 amide bonds. The molecule has 1 aromatic heterocycles. The summed E-state index contributed by atoms with van der Waals surface area (Å²) in [5, 5.41) is 0. The van der Waals surface area contributed by atoms with E-state index in [1.54, 1.807) is 6.20 Å². The van der Waals surface area contributed by atoms with Gasteiger partial charge in [-0.05, 0) is 18.1 Å². The van der Waals surface area contributed by atoms with E-state index in [9.17, 15) is 0 Å². The molecule has 0 saturated carbocycles. The predicted octanol–water partition coefficient (Wildman–Crippen LogP) is 2.11. The van der Waals surface area contributed by atoms with Crippen LogP contribution >= 0.6 is 12.2 Å². The highest BCUT2D eigenvalue weighted by molar-refractivity contribution is 7.80. The molecule has 0 aromatic carbocycles. The molecule has 1 heterocycles. The maximum absolute atomic E-state index is 5.66. The van der Waals surface area contributed by atoms with Crippen molar-refractivity contribution in [1.82, 2.24) is 4.98 Å². The second-order valence-corrected chi connectivity index (χ2v) is 3.85. The van der Waals surface area contributed by atoms with Gasteiger partial charge in [0, 0.05) is 6.20 Å². The van der Waals surface area contributed by atoms with Crippen molar-refractivity contribution in [2.45, 2.75) is 19.8 Å². The first-order valence-electron chi connectivity index (χ1n) is 4.33. The van der Waals surface area contributed by atoms with Crippen LogP contribution in [0.25, 0.3) is 0 Å². The summed E-state index contributed by atoms with van der Waals surface area (Å²) in [7, 11) is 0. The molecular formula is C10H14N2S. The van der Waals surface area contributed by atoms with Crippen molar-refractivity contribution < 1.29 is 0 Å². The van der Waals surface area contributed by atoms with E-state index < -0.39 is 0 Å². The molecule has 0 radical (unpaired) electrons. The third-order valence-corrected chi connectivity index (χ3v) is 2.23. The molecule has 1 atom stereocenters. The van der Waals surface area contributed by atoms with E-state index in [0.717, 1.165) is 5.69 Å². The number of nitrogens with two attached hydrogens (primary N) is 1. The highest BCUT2D eigenvalue weighted by Gasteiger charge is 2.19. The lowest BCUT2D eigenvalue weighted by molar-refractivity contribution is 0.593. The summed E-state index contributed by atoms with van der Waals surface area (Å²) in [6.07, 6.45) is 1.77. The van der Waals surface area contributed by atoms with Gasteiger partial charge in [-0.3, -0.25) is 4.98 Å². The molecule has 1 aromatic rings. The van der Waals surface area contributed by atoms with E-state index in [0.29, 0.717) is 10.9 Å². The Balaban J connectivity index is 2.96. The van der Waals surface area contributed by atoms with Crippen molar-refractivity contribution >= 4 is 17.2 Å². The van der Waals surface area contributed by atoms with E-state index in [1.165, 1.54) is 0 Å². The average molecular weight is 194 g/mol. The number of hydrogen-bond donors (Lipinski definition) is 1. The first-order valence-corrected chi connectivity index (χ1v) is 4.74. The highest BCUT2D eigenvalue weighted by Crippen LogP contribution is 2.22. The summed E-state index contributed by atoms with van der Waals surface area (Å²) in [5.74, 6) is 0.489. The minimum Gasteiger partial charge on any atom is -0.393 e. The van der Waals surface area contributed by atoms with Crippen molar-refractivity contribution in [2.75, 3.05) is 0 Å². The summed E-state index contributed by atoms with van der Waals surface area (Å²) in [6.45, 7) is 4.19. The lowest BCUT2D eigenvalue weighted by Crippen LogP contribution is -2.24. The number of pyridine rings is 1. The van der Waals surface area contributed by atoms with Gasteiger partial charge in [0.05, 0.1) is 16.6 Å². The lowest BCUT2D eigenvalue weighted by Gasteiger charge is -2.18. The zero-order valence-electron chi connectivity index (χ0n) is 7.90. The van der Waals surface area contributed by atoms with Crippen LogP contribution in [0.15, 0.2) is 24.4 Å². The Hall–Kier alpha value is -0.960. The van der Waals surface area contributed by atoms with E-state index in [4.69, 9.17) is 18.0 Å². The maximum atomic E-state index is 5.66. The smallest absolute Gasteiger partial charge is 0.0821 e. The normalized spacial score (nSPS) is 12.8. The van der Waals surface area contributed by atoms with Crippen LogP contribution in [0.3, 0.4) is 0 Å². The minimum atomic E-state index is 0.0937. The number of rotatable bonds is 3. The molecule has 2 nitrogen and oxygen atoms in total. The molecule has 0 aliphatic rings. The molecular weight excluding hydrogens is 180 g/mol. The lowest BCUT2D eigenvalue weighted by atomic mass is 9.92. The average Bonchev–Trinajstić information content (AvgIpc) is 2.04. The van der Waals surface area contributed by atoms with Gasteiger partial charge >= 0.3 is 0 Å². The van der Waals surface area contributed by atoms with Crippen LogP contribution in [0, 0.1) is 5.92 Å². The van der Waals surface area contributed by atoms with Gasteiger partial charge in [-0.25, -0.2) is 0 Å². The zero-order valence-corrected chi connectivity index (χ0v) is 8.71. The third kappa shape index (κ3) is 2.49. The second kappa shape index (κ2) is 4.33. The van der Waals surface area contributed by atoms with E-state index in [1.807, 2.05) is 18.2 Å². The Morgan fingerprint density at radius 2 is 2.15 bits per heavy atom. The second-order valence-electron chi connectivity index (χ2n) is 3.38. The van der Waals surface area contributed by atoms with Crippen molar-refractivity contribution in [3.63, 3.8) is 0 Å². The van der Waals surface area contributed by atoms with Gasteiger partial charge in [-0.1, -0.05) is 32.1 Å². The topological polar surface area (TPSA) is 38.9 Å². The molecule has 0 aliphatic carbocycles. The Morgan fingerprint density at radius 3 is 2.54 bits per heavy atom. The number of hydrogen-bond acceptors (Lipinski definition) is 2. The van der Waals surface area contributed by atoms with Crippen molar-refractivity contribution in [1.29, 1.82) is 0 Å². The molecule has 0 spiro atoms. The SMILES string of the molecule is CC(C)C(C(N)=S)c1ccccn1. The zero-order chi connectivity index (χ0) is 9.84. The van der Waals surface area contributed by atoms with Crippen LogP contribution in [0.1, 0.15) is 25.5 Å². The first-order chi connectivity index (χ1) is 6.13. The first kappa shape index (κ1) is 10.1. The van der Waals surface area contributed by atoms with Gasteiger partial charge in [-0.15, -0.1) is 0 Å². The molecule has 13 heavy (non-hydrogen) atoms. The molecule has 2 N–H and O–H groups in total. The molecule has 0 fully saturated rings. The Kier molecular flexibility index (Phi) is 3.37. The molecule has 0 bridgehead atoms. The van der Waals surface area contributed by atoms with Crippen molar-refractivity contribution in [2.24, 2.45) is 11.7 Å². The minimum absolute atomic E-state index is 0.0937. The molecule has 0 aliphatic heterocycles. The highest BCUT2D eigenvalue weighted by atomic mass is 32.1. The maximum Gasteiger partial charge on any atom is 0.0821 e. The quantitative estimate of drug-likeness (QED) is 0.749. The van der Waals surface area contributed by atoms with Crippen LogP contribution in [0.5, 0.6) is 0 Å². The summed E-state index contributed by atoms with van der Waals surface area (Å²) in [4.78, 5) is 4.78. The summed E-state index contributed by atoms with van der Waals surface area (Å²) in [6, 6.07) is 5.81. The van der Waals surface area contributed by atoms with Gasteiger partial charge < -0.3 is 5.73 Å². The summed E-state index contributed by atoms with van der Waals surface area (Å²) in [5.41, 5.74) is 6.62. The van der Waals surface area contributed by atoms with Gasteiger partial charge in [0.25, 0.3) is 0 Å². The standard InChI is InChI=1S/C10H14N2S/c1-7(2)9(10(11)13)8-5-3-4-6-12-8/h3-7,9H,1-2H3,(H2,11,13). The Bertz CT molecular complexity index is 282. The Morgan fingerprint density at radius 1 is 1.46 bits per heavy atom. The van der Waals surface area contributed by atoms with E-state index >= 15 is 0 Å². The molecule has 1 rings (SSSR count). The fourth-order valence-corrected chi connectivity index (χ4v) is 1.77.